The fourth-order valence-corrected chi connectivity index (χ4v) is 2.83. The van der Waals surface area contributed by atoms with Gasteiger partial charge in [-0.05, 0) is 50.7 Å². The first kappa shape index (κ1) is 21.0. The average Bonchev–Trinajstić information content (AvgIpc) is 3.33. The molecule has 0 heterocycles. The molecular formula is C20H30N2O5. The van der Waals surface area contributed by atoms with Crippen molar-refractivity contribution in [1.82, 2.24) is 4.90 Å². The molecule has 1 amide bonds. The second kappa shape index (κ2) is 7.37. The second-order valence-electron chi connectivity index (χ2n) is 9.03. The predicted molar refractivity (Wildman–Crippen MR) is 103 cm³/mol. The Morgan fingerprint density at radius 1 is 1.22 bits per heavy atom. The molecule has 1 aromatic rings. The predicted octanol–water partition coefficient (Wildman–Crippen LogP) is 4.80. The minimum atomic E-state index is -0.604. The van der Waals surface area contributed by atoms with Gasteiger partial charge in [0, 0.05) is 17.7 Å². The molecule has 7 nitrogen and oxygen atoms in total. The van der Waals surface area contributed by atoms with E-state index in [0.717, 1.165) is 18.4 Å². The Morgan fingerprint density at radius 3 is 2.22 bits per heavy atom. The Morgan fingerprint density at radius 2 is 1.81 bits per heavy atom. The van der Waals surface area contributed by atoms with Crippen LogP contribution in [0.25, 0.3) is 0 Å². The van der Waals surface area contributed by atoms with Crippen LogP contribution in [0.3, 0.4) is 0 Å². The Bertz CT molecular complexity index is 727. The first-order valence-electron chi connectivity index (χ1n) is 9.19. The monoisotopic (exact) mass is 378 g/mol. The van der Waals surface area contributed by atoms with Gasteiger partial charge in [-0.2, -0.15) is 0 Å². The van der Waals surface area contributed by atoms with Crippen LogP contribution in [-0.2, 0) is 16.7 Å². The lowest BCUT2D eigenvalue weighted by molar-refractivity contribution is -0.385. The lowest BCUT2D eigenvalue weighted by Gasteiger charge is -2.28. The summed E-state index contributed by atoms with van der Waals surface area (Å²) in [6, 6.07) is 3.55. The van der Waals surface area contributed by atoms with Crippen molar-refractivity contribution in [3.8, 4) is 5.75 Å². The van der Waals surface area contributed by atoms with Crippen molar-refractivity contribution in [3.63, 3.8) is 0 Å². The van der Waals surface area contributed by atoms with Gasteiger partial charge in [-0.15, -0.1) is 0 Å². The summed E-state index contributed by atoms with van der Waals surface area (Å²) in [5.74, 6) is 0.196. The fourth-order valence-electron chi connectivity index (χ4n) is 2.83. The fraction of sp³-hybridized carbons (Fsp3) is 0.650. The van der Waals surface area contributed by atoms with Crippen LogP contribution in [0.4, 0.5) is 10.5 Å². The number of carbonyl (C=O) groups is 1. The van der Waals surface area contributed by atoms with Gasteiger partial charge in [-0.3, -0.25) is 10.1 Å². The number of rotatable bonds is 5. The van der Waals surface area contributed by atoms with Gasteiger partial charge >= 0.3 is 11.8 Å². The SMILES string of the molecule is COc1c(CN(C(=O)OC(C)(C)C)C2CC2)cc(C(C)(C)C)cc1[N+](=O)[O-]. The maximum Gasteiger partial charge on any atom is 0.410 e. The van der Waals surface area contributed by atoms with Crippen molar-refractivity contribution >= 4 is 11.8 Å². The van der Waals surface area contributed by atoms with E-state index in [-0.39, 0.29) is 29.4 Å². The van der Waals surface area contributed by atoms with Crippen LogP contribution < -0.4 is 4.74 Å². The maximum atomic E-state index is 12.7. The van der Waals surface area contributed by atoms with Crippen molar-refractivity contribution in [3.05, 3.63) is 33.4 Å². The molecule has 0 N–H and O–H groups in total. The Labute approximate surface area is 160 Å². The summed E-state index contributed by atoms with van der Waals surface area (Å²) < 4.78 is 10.9. The number of hydrogen-bond donors (Lipinski definition) is 0. The molecule has 7 heteroatoms. The van der Waals surface area contributed by atoms with Crippen LogP contribution in [0.1, 0.15) is 65.5 Å². The number of nitro benzene ring substituents is 1. The first-order valence-corrected chi connectivity index (χ1v) is 9.19. The first-order chi connectivity index (χ1) is 12.3. The highest BCUT2D eigenvalue weighted by molar-refractivity contribution is 5.69. The van der Waals surface area contributed by atoms with Crippen LogP contribution in [-0.4, -0.2) is 34.7 Å². The third-order valence-corrected chi connectivity index (χ3v) is 4.37. The average molecular weight is 378 g/mol. The third-order valence-electron chi connectivity index (χ3n) is 4.37. The van der Waals surface area contributed by atoms with Gasteiger partial charge in [0.15, 0.2) is 0 Å². The summed E-state index contributed by atoms with van der Waals surface area (Å²) >= 11 is 0. The third kappa shape index (κ3) is 5.34. The van der Waals surface area contributed by atoms with Gasteiger partial charge in [-0.1, -0.05) is 20.8 Å². The summed E-state index contributed by atoms with van der Waals surface area (Å²) in [4.78, 5) is 25.5. The van der Waals surface area contributed by atoms with Gasteiger partial charge < -0.3 is 14.4 Å². The summed E-state index contributed by atoms with van der Waals surface area (Å²) in [6.07, 6.45) is 1.40. The maximum absolute atomic E-state index is 12.7. The molecule has 1 aliphatic carbocycles. The molecule has 2 rings (SSSR count). The number of benzene rings is 1. The molecule has 1 saturated carbocycles. The van der Waals surface area contributed by atoms with Gasteiger partial charge in [0.1, 0.15) is 5.60 Å². The van der Waals surface area contributed by atoms with E-state index in [1.807, 2.05) is 47.6 Å². The van der Waals surface area contributed by atoms with E-state index in [4.69, 9.17) is 9.47 Å². The topological polar surface area (TPSA) is 81.9 Å². The van der Waals surface area contributed by atoms with Crippen molar-refractivity contribution in [2.45, 2.75) is 78.0 Å². The summed E-state index contributed by atoms with van der Waals surface area (Å²) in [7, 11) is 1.41. The van der Waals surface area contributed by atoms with Crippen molar-refractivity contribution in [2.24, 2.45) is 0 Å². The highest BCUT2D eigenvalue weighted by Gasteiger charge is 2.37. The van der Waals surface area contributed by atoms with Gasteiger partial charge in [-0.25, -0.2) is 4.79 Å². The van der Waals surface area contributed by atoms with Crippen LogP contribution in [0.15, 0.2) is 12.1 Å². The number of nitrogens with zero attached hydrogens (tertiary/aromatic N) is 2. The summed E-state index contributed by atoms with van der Waals surface area (Å²) in [6.45, 7) is 11.7. The molecule has 0 spiro atoms. The normalized spacial score (nSPS) is 14.6. The summed E-state index contributed by atoms with van der Waals surface area (Å²) in [5.41, 5.74) is 0.481. The zero-order chi connectivity index (χ0) is 20.6. The molecule has 0 atom stereocenters. The molecule has 0 bridgehead atoms. The zero-order valence-corrected chi connectivity index (χ0v) is 17.3. The Kier molecular flexibility index (Phi) is 5.73. The van der Waals surface area contributed by atoms with E-state index in [1.54, 1.807) is 11.0 Å². The standard InChI is InChI=1S/C20H30N2O5/c1-19(2,3)14-10-13(17(26-7)16(11-14)22(24)25)12-21(15-8-9-15)18(23)27-20(4,5)6/h10-11,15H,8-9,12H2,1-7H3. The molecule has 27 heavy (non-hydrogen) atoms. The highest BCUT2D eigenvalue weighted by Crippen LogP contribution is 2.39. The van der Waals surface area contributed by atoms with Crippen LogP contribution in [0.5, 0.6) is 5.75 Å². The molecule has 1 aromatic carbocycles. The van der Waals surface area contributed by atoms with Crippen molar-refractivity contribution in [1.29, 1.82) is 0 Å². The van der Waals surface area contributed by atoms with Gasteiger partial charge in [0.25, 0.3) is 0 Å². The largest absolute Gasteiger partial charge is 0.490 e. The molecule has 0 aliphatic heterocycles. The number of nitro groups is 1. The number of carbonyl (C=O) groups excluding carboxylic acids is 1. The number of ether oxygens (including phenoxy) is 2. The van der Waals surface area contributed by atoms with E-state index in [2.05, 4.69) is 0 Å². The van der Waals surface area contributed by atoms with E-state index in [9.17, 15) is 14.9 Å². The lowest BCUT2D eigenvalue weighted by Crippen LogP contribution is -2.38. The Hall–Kier alpha value is -2.31. The molecule has 0 radical (unpaired) electrons. The minimum Gasteiger partial charge on any atom is -0.490 e. The summed E-state index contributed by atoms with van der Waals surface area (Å²) in [5, 5.41) is 11.6. The van der Waals surface area contributed by atoms with Crippen molar-refractivity contribution < 1.29 is 19.2 Å². The highest BCUT2D eigenvalue weighted by atomic mass is 16.6. The van der Waals surface area contributed by atoms with E-state index < -0.39 is 16.6 Å². The van der Waals surface area contributed by atoms with Crippen LogP contribution in [0, 0.1) is 10.1 Å². The smallest absolute Gasteiger partial charge is 0.410 e. The number of methoxy groups -OCH3 is 1. The van der Waals surface area contributed by atoms with Crippen LogP contribution >= 0.6 is 0 Å². The minimum absolute atomic E-state index is 0.0835. The molecule has 0 unspecified atom stereocenters. The second-order valence-corrected chi connectivity index (χ2v) is 9.03. The molecule has 0 saturated heterocycles. The van der Waals surface area contributed by atoms with E-state index in [0.29, 0.717) is 5.56 Å². The van der Waals surface area contributed by atoms with Crippen LogP contribution in [0.2, 0.25) is 0 Å². The molecule has 1 aliphatic rings. The lowest BCUT2D eigenvalue weighted by atomic mass is 9.85. The van der Waals surface area contributed by atoms with Gasteiger partial charge in [0.2, 0.25) is 5.75 Å². The molecule has 1 fully saturated rings. The quantitative estimate of drug-likeness (QED) is 0.543. The molecule has 150 valence electrons. The van der Waals surface area contributed by atoms with Crippen molar-refractivity contribution in [2.75, 3.05) is 7.11 Å². The zero-order valence-electron chi connectivity index (χ0n) is 17.3. The van der Waals surface area contributed by atoms with E-state index >= 15 is 0 Å². The van der Waals surface area contributed by atoms with E-state index in [1.165, 1.54) is 7.11 Å². The number of amides is 1. The number of hydrogen-bond acceptors (Lipinski definition) is 5. The molecule has 0 aromatic heterocycles. The van der Waals surface area contributed by atoms with Gasteiger partial charge in [0.05, 0.1) is 18.6 Å². The molecular weight excluding hydrogens is 348 g/mol. The Balaban J connectivity index is 2.46.